The molecule has 2 aromatic rings. The molecule has 1 aromatic carbocycles. The van der Waals surface area contributed by atoms with Crippen molar-refractivity contribution in [3.05, 3.63) is 65.8 Å². The summed E-state index contributed by atoms with van der Waals surface area (Å²) >= 11 is 0. The largest absolute Gasteiger partial charge is 0.364 e. The van der Waals surface area contributed by atoms with Crippen molar-refractivity contribution in [3.8, 4) is 0 Å². The predicted molar refractivity (Wildman–Crippen MR) is 98.5 cm³/mol. The van der Waals surface area contributed by atoms with Crippen molar-refractivity contribution in [2.24, 2.45) is 11.8 Å². The Morgan fingerprint density at radius 3 is 2.86 bits per heavy atom. The lowest BCUT2D eigenvalue weighted by atomic mass is 9.76. The first-order valence-corrected chi connectivity index (χ1v) is 9.51. The zero-order valence-corrected chi connectivity index (χ0v) is 15.8. The Morgan fingerprint density at radius 2 is 2.14 bits per heavy atom. The molecule has 2 bridgehead atoms. The molecule has 7 nitrogen and oxygen atoms in total. The van der Waals surface area contributed by atoms with E-state index in [1.165, 1.54) is 18.4 Å². The van der Waals surface area contributed by atoms with E-state index in [2.05, 4.69) is 5.16 Å². The van der Waals surface area contributed by atoms with Crippen molar-refractivity contribution in [1.82, 2.24) is 15.0 Å². The van der Waals surface area contributed by atoms with E-state index in [9.17, 15) is 14.0 Å². The van der Waals surface area contributed by atoms with Gasteiger partial charge in [0.05, 0.1) is 31.0 Å². The molecule has 3 aliphatic heterocycles. The molecular weight excluding hydrogens is 377 g/mol. The normalized spacial score (nSPS) is 29.5. The molecule has 2 fully saturated rings. The van der Waals surface area contributed by atoms with Crippen LogP contribution < -0.4 is 0 Å². The summed E-state index contributed by atoms with van der Waals surface area (Å²) in [5.74, 6) is -1.68. The van der Waals surface area contributed by atoms with E-state index in [1.54, 1.807) is 35.0 Å². The molecule has 1 spiro atoms. The van der Waals surface area contributed by atoms with Gasteiger partial charge < -0.3 is 19.1 Å². The van der Waals surface area contributed by atoms with Crippen LogP contribution in [0.15, 0.2) is 53.3 Å². The van der Waals surface area contributed by atoms with Crippen LogP contribution in [0.25, 0.3) is 0 Å². The van der Waals surface area contributed by atoms with Gasteiger partial charge in [-0.15, -0.1) is 0 Å². The number of hydrogen-bond donors (Lipinski definition) is 0. The maximum atomic E-state index is 13.2. The quantitative estimate of drug-likeness (QED) is 0.719. The number of aromatic nitrogens is 1. The lowest BCUT2D eigenvalue weighted by Gasteiger charge is -2.27. The van der Waals surface area contributed by atoms with Crippen LogP contribution in [0.4, 0.5) is 4.39 Å². The summed E-state index contributed by atoms with van der Waals surface area (Å²) in [5, 5.41) is 3.84. The first kappa shape index (κ1) is 18.1. The van der Waals surface area contributed by atoms with Crippen molar-refractivity contribution in [2.45, 2.75) is 24.8 Å². The first-order chi connectivity index (χ1) is 14.0. The molecule has 0 aliphatic carbocycles. The van der Waals surface area contributed by atoms with Crippen LogP contribution in [0.3, 0.4) is 0 Å². The molecular formula is C21H20FN3O4. The Balaban J connectivity index is 1.36. The van der Waals surface area contributed by atoms with Gasteiger partial charge in [-0.3, -0.25) is 9.59 Å². The topological polar surface area (TPSA) is 75.9 Å². The van der Waals surface area contributed by atoms with Crippen molar-refractivity contribution in [1.29, 1.82) is 0 Å². The molecule has 2 saturated heterocycles. The Labute approximate surface area is 166 Å². The lowest BCUT2D eigenvalue weighted by molar-refractivity contribution is -0.143. The van der Waals surface area contributed by atoms with E-state index < -0.39 is 23.5 Å². The average Bonchev–Trinajstić information content (AvgIpc) is 3.46. The summed E-state index contributed by atoms with van der Waals surface area (Å²) in [6.45, 7) is 1.04. The molecule has 0 N–H and O–H groups in total. The molecule has 0 saturated carbocycles. The summed E-state index contributed by atoms with van der Waals surface area (Å²) in [6.07, 6.45) is 4.87. The summed E-state index contributed by atoms with van der Waals surface area (Å²) in [5.41, 5.74) is 0.711. The van der Waals surface area contributed by atoms with Crippen LogP contribution >= 0.6 is 0 Å². The fourth-order valence-electron chi connectivity index (χ4n) is 4.70. The molecule has 29 heavy (non-hydrogen) atoms. The summed E-state index contributed by atoms with van der Waals surface area (Å²) in [7, 11) is 1.69. The smallest absolute Gasteiger partial charge is 0.230 e. The number of hydrogen-bond acceptors (Lipinski definition) is 5. The van der Waals surface area contributed by atoms with Gasteiger partial charge in [0.15, 0.2) is 0 Å². The van der Waals surface area contributed by atoms with Crippen molar-refractivity contribution in [2.75, 3.05) is 13.6 Å². The number of benzene rings is 1. The molecule has 2 amide bonds. The number of rotatable bonds is 5. The number of halogens is 1. The summed E-state index contributed by atoms with van der Waals surface area (Å²) in [4.78, 5) is 29.7. The highest BCUT2D eigenvalue weighted by atomic mass is 19.1. The third-order valence-electron chi connectivity index (χ3n) is 6.02. The number of carbonyl (C=O) groups is 2. The van der Waals surface area contributed by atoms with Gasteiger partial charge in [-0.05, 0) is 17.7 Å². The van der Waals surface area contributed by atoms with Gasteiger partial charge in [0.1, 0.15) is 23.4 Å². The summed E-state index contributed by atoms with van der Waals surface area (Å²) in [6, 6.07) is 7.78. The van der Waals surface area contributed by atoms with E-state index in [4.69, 9.17) is 9.26 Å². The van der Waals surface area contributed by atoms with Crippen LogP contribution in [0.2, 0.25) is 0 Å². The second-order valence-corrected chi connectivity index (χ2v) is 7.91. The van der Waals surface area contributed by atoms with Gasteiger partial charge in [0, 0.05) is 19.7 Å². The molecule has 4 atom stereocenters. The minimum absolute atomic E-state index is 0.102. The van der Waals surface area contributed by atoms with E-state index in [0.717, 1.165) is 5.56 Å². The molecule has 2 unspecified atom stereocenters. The molecule has 150 valence electrons. The van der Waals surface area contributed by atoms with Crippen LogP contribution in [0, 0.1) is 17.7 Å². The number of carbonyl (C=O) groups excluding carboxylic acids is 2. The van der Waals surface area contributed by atoms with Gasteiger partial charge >= 0.3 is 0 Å². The molecule has 3 aliphatic rings. The van der Waals surface area contributed by atoms with Gasteiger partial charge in [-0.2, -0.15) is 0 Å². The van der Waals surface area contributed by atoms with Crippen LogP contribution in [-0.4, -0.2) is 52.1 Å². The van der Waals surface area contributed by atoms with Crippen molar-refractivity contribution in [3.63, 3.8) is 0 Å². The average molecular weight is 397 g/mol. The third-order valence-corrected chi connectivity index (χ3v) is 6.02. The van der Waals surface area contributed by atoms with Gasteiger partial charge in [-0.1, -0.05) is 29.4 Å². The highest BCUT2D eigenvalue weighted by Crippen LogP contribution is 2.52. The maximum absolute atomic E-state index is 13.2. The minimum Gasteiger partial charge on any atom is -0.364 e. The number of likely N-dealkylation sites (tertiary alicyclic amines) is 1. The molecule has 4 heterocycles. The van der Waals surface area contributed by atoms with Crippen LogP contribution in [-0.2, 0) is 27.4 Å². The highest BCUT2D eigenvalue weighted by molar-refractivity contribution is 5.93. The van der Waals surface area contributed by atoms with Crippen molar-refractivity contribution >= 4 is 11.8 Å². The highest BCUT2D eigenvalue weighted by Gasteiger charge is 2.67. The zero-order chi connectivity index (χ0) is 20.2. The SMILES string of the molecule is CN(Cc1ccon1)C(=O)C1C2C(=O)N(Cc3ccc(F)cc3)C[C@@]23C=C[C@@H]1O3. The van der Waals surface area contributed by atoms with Crippen LogP contribution in [0.5, 0.6) is 0 Å². The second kappa shape index (κ2) is 6.52. The predicted octanol–water partition coefficient (Wildman–Crippen LogP) is 1.75. The van der Waals surface area contributed by atoms with Gasteiger partial charge in [0.2, 0.25) is 11.8 Å². The van der Waals surface area contributed by atoms with Gasteiger partial charge in [-0.25, -0.2) is 4.39 Å². The minimum atomic E-state index is -0.767. The standard InChI is InChI=1S/C21H20FN3O4/c1-24(11-15-7-9-28-23-15)19(26)17-16-6-8-21(29-16)12-25(20(27)18(17)21)10-13-2-4-14(22)5-3-13/h2-9,16-18H,10-12H2,1H3/t16-,17?,18?,21-/m0/s1. The van der Waals surface area contributed by atoms with E-state index in [0.29, 0.717) is 25.3 Å². The molecule has 8 heteroatoms. The Kier molecular flexibility index (Phi) is 4.06. The maximum Gasteiger partial charge on any atom is 0.230 e. The Hall–Kier alpha value is -3.00. The molecule has 5 rings (SSSR count). The second-order valence-electron chi connectivity index (χ2n) is 7.91. The summed E-state index contributed by atoms with van der Waals surface area (Å²) < 4.78 is 24.1. The lowest BCUT2D eigenvalue weighted by Crippen LogP contribution is -2.44. The van der Waals surface area contributed by atoms with Crippen molar-refractivity contribution < 1.29 is 23.2 Å². The number of fused-ring (bicyclic) bond motifs is 1. The van der Waals surface area contributed by atoms with Crippen LogP contribution in [0.1, 0.15) is 11.3 Å². The monoisotopic (exact) mass is 397 g/mol. The Bertz CT molecular complexity index is 974. The first-order valence-electron chi connectivity index (χ1n) is 9.51. The number of ether oxygens (including phenoxy) is 1. The van der Waals surface area contributed by atoms with Gasteiger partial charge in [0.25, 0.3) is 0 Å². The fraction of sp³-hybridized carbons (Fsp3) is 0.381. The molecule has 1 aromatic heterocycles. The van der Waals surface area contributed by atoms with E-state index >= 15 is 0 Å². The third kappa shape index (κ3) is 2.86. The Morgan fingerprint density at radius 1 is 1.34 bits per heavy atom. The fourth-order valence-corrected chi connectivity index (χ4v) is 4.70. The van der Waals surface area contributed by atoms with E-state index in [1.807, 2.05) is 12.2 Å². The molecule has 0 radical (unpaired) electrons. The number of nitrogens with zero attached hydrogens (tertiary/aromatic N) is 3. The zero-order valence-electron chi connectivity index (χ0n) is 15.8. The van der Waals surface area contributed by atoms with E-state index in [-0.39, 0.29) is 17.6 Å². The number of amides is 2.